The van der Waals surface area contributed by atoms with Crippen LogP contribution in [0.25, 0.3) is 0 Å². The van der Waals surface area contributed by atoms with Crippen molar-refractivity contribution in [2.24, 2.45) is 0 Å². The highest BCUT2D eigenvalue weighted by molar-refractivity contribution is 5.94. The fourth-order valence-electron chi connectivity index (χ4n) is 2.73. The van der Waals surface area contributed by atoms with E-state index in [-0.39, 0.29) is 11.5 Å². The first-order chi connectivity index (χ1) is 12.7. The molecule has 0 saturated carbocycles. The number of amides is 1. The summed E-state index contributed by atoms with van der Waals surface area (Å²) < 4.78 is 1.66. The SMILES string of the molecule is CCc1ccc(C(=O)NCc2ccc(Cn3ccccc3=O)cc2)cc1. The molecule has 26 heavy (non-hydrogen) atoms. The molecule has 1 N–H and O–H groups in total. The molecule has 0 bridgehead atoms. The largest absolute Gasteiger partial charge is 0.348 e. The molecule has 3 aromatic rings. The molecule has 2 aromatic carbocycles. The lowest BCUT2D eigenvalue weighted by Gasteiger charge is -2.08. The molecule has 0 fully saturated rings. The molecule has 1 heterocycles. The molecule has 1 amide bonds. The van der Waals surface area contributed by atoms with Gasteiger partial charge in [0.2, 0.25) is 0 Å². The van der Waals surface area contributed by atoms with Crippen LogP contribution in [0.5, 0.6) is 0 Å². The molecule has 0 radical (unpaired) electrons. The van der Waals surface area contributed by atoms with Crippen molar-refractivity contribution < 1.29 is 4.79 Å². The van der Waals surface area contributed by atoms with Gasteiger partial charge in [0.15, 0.2) is 0 Å². The van der Waals surface area contributed by atoms with E-state index in [1.165, 1.54) is 5.56 Å². The number of aryl methyl sites for hydroxylation is 1. The van der Waals surface area contributed by atoms with Crippen molar-refractivity contribution in [3.63, 3.8) is 0 Å². The normalized spacial score (nSPS) is 10.5. The van der Waals surface area contributed by atoms with Gasteiger partial charge in [-0.05, 0) is 41.3 Å². The minimum Gasteiger partial charge on any atom is -0.348 e. The highest BCUT2D eigenvalue weighted by atomic mass is 16.1. The number of nitrogens with one attached hydrogen (secondary N) is 1. The van der Waals surface area contributed by atoms with Gasteiger partial charge in [0.1, 0.15) is 0 Å². The van der Waals surface area contributed by atoms with Gasteiger partial charge in [-0.1, -0.05) is 49.4 Å². The molecule has 3 rings (SSSR count). The van der Waals surface area contributed by atoms with Gasteiger partial charge in [-0.2, -0.15) is 0 Å². The van der Waals surface area contributed by atoms with Crippen LogP contribution in [-0.2, 0) is 19.5 Å². The number of aromatic nitrogens is 1. The molecule has 0 unspecified atom stereocenters. The van der Waals surface area contributed by atoms with Crippen molar-refractivity contribution >= 4 is 5.91 Å². The van der Waals surface area contributed by atoms with E-state index < -0.39 is 0 Å². The van der Waals surface area contributed by atoms with E-state index in [0.717, 1.165) is 17.5 Å². The fourth-order valence-corrected chi connectivity index (χ4v) is 2.73. The number of carbonyl (C=O) groups is 1. The van der Waals surface area contributed by atoms with Gasteiger partial charge in [-0.25, -0.2) is 0 Å². The van der Waals surface area contributed by atoms with Gasteiger partial charge in [0.25, 0.3) is 11.5 Å². The number of benzene rings is 2. The zero-order valence-corrected chi connectivity index (χ0v) is 14.8. The van der Waals surface area contributed by atoms with Crippen molar-refractivity contribution in [3.8, 4) is 0 Å². The molecule has 0 atom stereocenters. The molecular formula is C22H22N2O2. The molecule has 0 aliphatic carbocycles. The Hall–Kier alpha value is -3.14. The lowest BCUT2D eigenvalue weighted by atomic mass is 10.1. The number of nitrogens with zero attached hydrogens (tertiary/aromatic N) is 1. The van der Waals surface area contributed by atoms with Crippen LogP contribution >= 0.6 is 0 Å². The smallest absolute Gasteiger partial charge is 0.251 e. The van der Waals surface area contributed by atoms with E-state index >= 15 is 0 Å². The van der Waals surface area contributed by atoms with Crippen molar-refractivity contribution in [1.82, 2.24) is 9.88 Å². The zero-order valence-electron chi connectivity index (χ0n) is 14.8. The monoisotopic (exact) mass is 346 g/mol. The maximum atomic E-state index is 12.2. The Bertz CT molecular complexity index is 925. The van der Waals surface area contributed by atoms with Crippen LogP contribution < -0.4 is 10.9 Å². The third-order valence-electron chi connectivity index (χ3n) is 4.35. The molecule has 4 heteroatoms. The average molecular weight is 346 g/mol. The van der Waals surface area contributed by atoms with Crippen LogP contribution in [0, 0.1) is 0 Å². The van der Waals surface area contributed by atoms with Crippen LogP contribution in [0.4, 0.5) is 0 Å². The van der Waals surface area contributed by atoms with Crippen LogP contribution in [0.3, 0.4) is 0 Å². The van der Waals surface area contributed by atoms with E-state index in [1.807, 2.05) is 54.6 Å². The van der Waals surface area contributed by atoms with Gasteiger partial charge < -0.3 is 9.88 Å². The average Bonchev–Trinajstić information content (AvgIpc) is 2.69. The number of hydrogen-bond donors (Lipinski definition) is 1. The Kier molecular flexibility index (Phi) is 5.64. The molecule has 0 aliphatic rings. The van der Waals surface area contributed by atoms with E-state index in [4.69, 9.17) is 0 Å². The topological polar surface area (TPSA) is 51.1 Å². The standard InChI is InChI=1S/C22H22N2O2/c1-2-17-10-12-20(13-11-17)22(26)23-15-18-6-8-19(9-7-18)16-24-14-4-3-5-21(24)25/h3-14H,2,15-16H2,1H3,(H,23,26). The summed E-state index contributed by atoms with van der Waals surface area (Å²) in [4.78, 5) is 24.0. The minimum atomic E-state index is -0.0763. The third-order valence-corrected chi connectivity index (χ3v) is 4.35. The van der Waals surface area contributed by atoms with Crippen LogP contribution in [0.15, 0.2) is 77.7 Å². The van der Waals surface area contributed by atoms with E-state index in [9.17, 15) is 9.59 Å². The zero-order chi connectivity index (χ0) is 18.4. The number of pyridine rings is 1. The van der Waals surface area contributed by atoms with Crippen LogP contribution in [0.1, 0.15) is 34.0 Å². The van der Waals surface area contributed by atoms with Gasteiger partial charge in [0, 0.05) is 24.4 Å². The third kappa shape index (κ3) is 4.48. The maximum Gasteiger partial charge on any atom is 0.251 e. The quantitative estimate of drug-likeness (QED) is 0.744. The molecule has 132 valence electrons. The van der Waals surface area contributed by atoms with Crippen molar-refractivity contribution in [2.75, 3.05) is 0 Å². The van der Waals surface area contributed by atoms with Gasteiger partial charge in [-0.15, -0.1) is 0 Å². The summed E-state index contributed by atoms with van der Waals surface area (Å²) in [5.74, 6) is -0.0763. The summed E-state index contributed by atoms with van der Waals surface area (Å²) in [6.07, 6.45) is 2.74. The summed E-state index contributed by atoms with van der Waals surface area (Å²) in [5.41, 5.74) is 3.94. The first-order valence-corrected chi connectivity index (χ1v) is 8.76. The second-order valence-corrected chi connectivity index (χ2v) is 6.22. The molecule has 1 aromatic heterocycles. The van der Waals surface area contributed by atoms with Crippen LogP contribution in [0.2, 0.25) is 0 Å². The van der Waals surface area contributed by atoms with Crippen molar-refractivity contribution in [1.29, 1.82) is 0 Å². The predicted octanol–water partition coefficient (Wildman–Crippen LogP) is 3.39. The highest BCUT2D eigenvalue weighted by Gasteiger charge is 2.05. The Morgan fingerprint density at radius 3 is 2.19 bits per heavy atom. The Labute approximate surface area is 153 Å². The Morgan fingerprint density at radius 1 is 0.885 bits per heavy atom. The molecule has 0 aliphatic heterocycles. The highest BCUT2D eigenvalue weighted by Crippen LogP contribution is 2.08. The first kappa shape index (κ1) is 17.7. The van der Waals surface area contributed by atoms with Crippen molar-refractivity contribution in [2.45, 2.75) is 26.4 Å². The van der Waals surface area contributed by atoms with Gasteiger partial charge in [0.05, 0.1) is 6.54 Å². The van der Waals surface area contributed by atoms with Gasteiger partial charge >= 0.3 is 0 Å². The summed E-state index contributed by atoms with van der Waals surface area (Å²) in [6.45, 7) is 3.10. The number of carbonyl (C=O) groups excluding carboxylic acids is 1. The van der Waals surface area contributed by atoms with Crippen molar-refractivity contribution in [3.05, 3.63) is 106 Å². The molecular weight excluding hydrogens is 324 g/mol. The minimum absolute atomic E-state index is 0.0158. The molecule has 0 spiro atoms. The van der Waals surface area contributed by atoms with Gasteiger partial charge in [-0.3, -0.25) is 9.59 Å². The number of rotatable bonds is 6. The molecule has 0 saturated heterocycles. The second-order valence-electron chi connectivity index (χ2n) is 6.22. The first-order valence-electron chi connectivity index (χ1n) is 8.76. The Morgan fingerprint density at radius 2 is 1.54 bits per heavy atom. The second kappa shape index (κ2) is 8.30. The van der Waals surface area contributed by atoms with Crippen LogP contribution in [-0.4, -0.2) is 10.5 Å². The fraction of sp³-hybridized carbons (Fsp3) is 0.182. The lowest BCUT2D eigenvalue weighted by Crippen LogP contribution is -2.22. The number of hydrogen-bond acceptors (Lipinski definition) is 2. The van der Waals surface area contributed by atoms with E-state index in [2.05, 4.69) is 12.2 Å². The predicted molar refractivity (Wildman–Crippen MR) is 103 cm³/mol. The Balaban J connectivity index is 1.58. The maximum absolute atomic E-state index is 12.2. The summed E-state index contributed by atoms with van der Waals surface area (Å²) >= 11 is 0. The molecule has 4 nitrogen and oxygen atoms in total. The summed E-state index contributed by atoms with van der Waals surface area (Å²) in [6, 6.07) is 20.7. The van der Waals surface area contributed by atoms with E-state index in [1.54, 1.807) is 22.9 Å². The summed E-state index contributed by atoms with van der Waals surface area (Å²) in [5, 5.41) is 2.94. The lowest BCUT2D eigenvalue weighted by molar-refractivity contribution is 0.0951. The van der Waals surface area contributed by atoms with E-state index in [0.29, 0.717) is 18.7 Å². The summed E-state index contributed by atoms with van der Waals surface area (Å²) in [7, 11) is 0.